The molecule has 122 valence electrons. The maximum atomic E-state index is 13.1. The number of rotatable bonds is 2. The van der Waals surface area contributed by atoms with E-state index in [0.29, 0.717) is 23.8 Å². The number of carbonyl (C=O) groups is 1. The average Bonchev–Trinajstić information content (AvgIpc) is 2.88. The molecule has 0 spiro atoms. The van der Waals surface area contributed by atoms with Crippen LogP contribution in [0.15, 0.2) is 54.7 Å². The molecule has 0 radical (unpaired) electrons. The molecule has 0 aromatic heterocycles. The van der Waals surface area contributed by atoms with Crippen molar-refractivity contribution in [1.82, 2.24) is 4.90 Å². The van der Waals surface area contributed by atoms with Crippen LogP contribution in [0.25, 0.3) is 5.57 Å². The predicted octanol–water partition coefficient (Wildman–Crippen LogP) is 3.69. The Bertz CT molecular complexity index is 813. The van der Waals surface area contributed by atoms with Crippen molar-refractivity contribution in [2.45, 2.75) is 0 Å². The van der Waals surface area contributed by atoms with Gasteiger partial charge < -0.3 is 9.64 Å². The molecular formula is C19H17ClN2O2. The number of fused-ring (bicyclic) bond motifs is 1. The van der Waals surface area contributed by atoms with Crippen LogP contribution in [0.3, 0.4) is 0 Å². The first-order valence-corrected chi connectivity index (χ1v) is 8.35. The van der Waals surface area contributed by atoms with Gasteiger partial charge in [0.15, 0.2) is 0 Å². The van der Waals surface area contributed by atoms with E-state index in [1.54, 1.807) is 4.90 Å². The minimum absolute atomic E-state index is 0.0232. The van der Waals surface area contributed by atoms with Gasteiger partial charge in [-0.15, -0.1) is 0 Å². The van der Waals surface area contributed by atoms with E-state index in [-0.39, 0.29) is 5.91 Å². The molecule has 4 nitrogen and oxygen atoms in total. The molecule has 2 aromatic rings. The van der Waals surface area contributed by atoms with Gasteiger partial charge in [-0.05, 0) is 24.3 Å². The lowest BCUT2D eigenvalue weighted by molar-refractivity contribution is -0.112. The molecule has 0 saturated carbocycles. The Hall–Kier alpha value is -2.30. The molecule has 1 saturated heterocycles. The molecule has 2 aliphatic rings. The maximum Gasteiger partial charge on any atom is 0.265 e. The number of ether oxygens (including phenoxy) is 1. The zero-order valence-corrected chi connectivity index (χ0v) is 13.9. The normalized spacial score (nSPS) is 19.0. The summed E-state index contributed by atoms with van der Waals surface area (Å²) in [4.78, 5) is 17.0. The highest BCUT2D eigenvalue weighted by Crippen LogP contribution is 2.41. The summed E-state index contributed by atoms with van der Waals surface area (Å²) in [5.74, 6) is -0.0232. The highest BCUT2D eigenvalue weighted by molar-refractivity contribution is 6.35. The summed E-state index contributed by atoms with van der Waals surface area (Å²) in [7, 11) is 0. The quantitative estimate of drug-likeness (QED) is 0.782. The lowest BCUT2D eigenvalue weighted by Crippen LogP contribution is -2.33. The summed E-state index contributed by atoms with van der Waals surface area (Å²) in [6.45, 7) is 2.99. The van der Waals surface area contributed by atoms with Crippen LogP contribution in [0.5, 0.6) is 0 Å². The molecule has 0 N–H and O–H groups in total. The lowest BCUT2D eigenvalue weighted by atomic mass is 10.1. The molecule has 4 rings (SSSR count). The number of carbonyl (C=O) groups excluding carboxylic acids is 1. The third kappa shape index (κ3) is 2.68. The third-order valence-electron chi connectivity index (χ3n) is 4.29. The fraction of sp³-hybridized carbons (Fsp3) is 0.211. The number of hydrogen-bond acceptors (Lipinski definition) is 3. The summed E-state index contributed by atoms with van der Waals surface area (Å²) in [5, 5.41) is 0.614. The molecule has 0 atom stereocenters. The summed E-state index contributed by atoms with van der Waals surface area (Å²) < 4.78 is 5.38. The first-order valence-electron chi connectivity index (χ1n) is 7.97. The first kappa shape index (κ1) is 15.2. The Morgan fingerprint density at radius 2 is 1.83 bits per heavy atom. The van der Waals surface area contributed by atoms with Crippen LogP contribution < -0.4 is 4.90 Å². The molecule has 0 unspecified atom stereocenters. The number of hydrogen-bond donors (Lipinski definition) is 0. The van der Waals surface area contributed by atoms with Crippen molar-refractivity contribution >= 4 is 34.5 Å². The summed E-state index contributed by atoms with van der Waals surface area (Å²) in [5.41, 5.74) is 3.34. The SMILES string of the molecule is O=C1/C(=C\N2CCOCC2)c2ccccc2N1c1cccc(Cl)c1. The van der Waals surface area contributed by atoms with Crippen molar-refractivity contribution in [3.05, 3.63) is 65.3 Å². The van der Waals surface area contributed by atoms with Crippen molar-refractivity contribution in [2.24, 2.45) is 0 Å². The van der Waals surface area contributed by atoms with Crippen molar-refractivity contribution < 1.29 is 9.53 Å². The highest BCUT2D eigenvalue weighted by atomic mass is 35.5. The summed E-state index contributed by atoms with van der Waals surface area (Å²) >= 11 is 6.12. The second-order valence-corrected chi connectivity index (χ2v) is 6.27. The average molecular weight is 341 g/mol. The largest absolute Gasteiger partial charge is 0.378 e. The zero-order chi connectivity index (χ0) is 16.5. The number of anilines is 2. The molecule has 0 bridgehead atoms. The van der Waals surface area contributed by atoms with Gasteiger partial charge in [-0.1, -0.05) is 35.9 Å². The fourth-order valence-electron chi connectivity index (χ4n) is 3.13. The van der Waals surface area contributed by atoms with Crippen LogP contribution in [-0.2, 0) is 9.53 Å². The van der Waals surface area contributed by atoms with Crippen LogP contribution in [0.4, 0.5) is 11.4 Å². The van der Waals surface area contributed by atoms with Gasteiger partial charge in [-0.2, -0.15) is 0 Å². The Morgan fingerprint density at radius 3 is 2.62 bits per heavy atom. The van der Waals surface area contributed by atoms with E-state index in [4.69, 9.17) is 16.3 Å². The molecular weight excluding hydrogens is 324 g/mol. The van der Waals surface area contributed by atoms with E-state index in [2.05, 4.69) is 4.90 Å². The molecule has 2 aromatic carbocycles. The lowest BCUT2D eigenvalue weighted by Gasteiger charge is -2.25. The topological polar surface area (TPSA) is 32.8 Å². The number of benzene rings is 2. The Morgan fingerprint density at radius 1 is 1.04 bits per heavy atom. The molecule has 5 heteroatoms. The van der Waals surface area contributed by atoms with Crippen LogP contribution in [0, 0.1) is 0 Å². The second kappa shape index (κ2) is 6.30. The summed E-state index contributed by atoms with van der Waals surface area (Å²) in [6, 6.07) is 15.2. The molecule has 24 heavy (non-hydrogen) atoms. The first-order chi connectivity index (χ1) is 11.7. The van der Waals surface area contributed by atoms with E-state index in [0.717, 1.165) is 30.0 Å². The Labute approximate surface area is 145 Å². The van der Waals surface area contributed by atoms with Gasteiger partial charge >= 0.3 is 0 Å². The van der Waals surface area contributed by atoms with Gasteiger partial charge in [-0.25, -0.2) is 0 Å². The Kier molecular flexibility index (Phi) is 4.00. The van der Waals surface area contributed by atoms with E-state index in [1.807, 2.05) is 54.7 Å². The number of amides is 1. The van der Waals surface area contributed by atoms with Crippen LogP contribution >= 0.6 is 11.6 Å². The smallest absolute Gasteiger partial charge is 0.265 e. The van der Waals surface area contributed by atoms with E-state index >= 15 is 0 Å². The van der Waals surface area contributed by atoms with Gasteiger partial charge in [0.1, 0.15) is 0 Å². The van der Waals surface area contributed by atoms with Crippen molar-refractivity contribution in [1.29, 1.82) is 0 Å². The van der Waals surface area contributed by atoms with Crippen LogP contribution in [0.2, 0.25) is 5.02 Å². The van der Waals surface area contributed by atoms with Crippen molar-refractivity contribution in [3.8, 4) is 0 Å². The van der Waals surface area contributed by atoms with Gasteiger partial charge in [0, 0.05) is 29.9 Å². The monoisotopic (exact) mass is 340 g/mol. The maximum absolute atomic E-state index is 13.1. The molecule has 0 aliphatic carbocycles. The van der Waals surface area contributed by atoms with Gasteiger partial charge in [-0.3, -0.25) is 9.69 Å². The van der Waals surface area contributed by atoms with E-state index in [1.165, 1.54) is 0 Å². The number of halogens is 1. The molecule has 2 heterocycles. The number of nitrogens with zero attached hydrogens (tertiary/aromatic N) is 2. The van der Waals surface area contributed by atoms with Gasteiger partial charge in [0.05, 0.1) is 30.2 Å². The van der Waals surface area contributed by atoms with Crippen LogP contribution in [-0.4, -0.2) is 37.1 Å². The van der Waals surface area contributed by atoms with Crippen molar-refractivity contribution in [3.63, 3.8) is 0 Å². The van der Waals surface area contributed by atoms with E-state index < -0.39 is 0 Å². The Balaban J connectivity index is 1.78. The summed E-state index contributed by atoms with van der Waals surface area (Å²) in [6.07, 6.45) is 1.97. The minimum atomic E-state index is -0.0232. The number of para-hydroxylation sites is 1. The molecule has 1 amide bonds. The van der Waals surface area contributed by atoms with Crippen LogP contribution in [0.1, 0.15) is 5.56 Å². The predicted molar refractivity (Wildman–Crippen MR) is 95.4 cm³/mol. The van der Waals surface area contributed by atoms with Crippen molar-refractivity contribution in [2.75, 3.05) is 31.2 Å². The van der Waals surface area contributed by atoms with E-state index in [9.17, 15) is 4.79 Å². The standard InChI is InChI=1S/C19H17ClN2O2/c20-14-4-3-5-15(12-14)22-18-7-2-1-6-16(18)17(19(22)23)13-21-8-10-24-11-9-21/h1-7,12-13H,8-11H2/b17-13-. The zero-order valence-electron chi connectivity index (χ0n) is 13.1. The highest BCUT2D eigenvalue weighted by Gasteiger charge is 2.33. The molecule has 2 aliphatic heterocycles. The van der Waals surface area contributed by atoms with Gasteiger partial charge in [0.2, 0.25) is 0 Å². The minimum Gasteiger partial charge on any atom is -0.378 e. The molecule has 1 fully saturated rings. The second-order valence-electron chi connectivity index (χ2n) is 5.83. The fourth-order valence-corrected chi connectivity index (χ4v) is 3.31. The third-order valence-corrected chi connectivity index (χ3v) is 4.53. The van der Waals surface area contributed by atoms with Gasteiger partial charge in [0.25, 0.3) is 5.91 Å². The number of morpholine rings is 1.